The Kier molecular flexibility index (Phi) is 5.51. The summed E-state index contributed by atoms with van der Waals surface area (Å²) in [5.74, 6) is 1.34. The molecule has 2 heterocycles. The number of furan rings is 1. The minimum Gasteiger partial charge on any atom is -0.468 e. The van der Waals surface area contributed by atoms with Crippen molar-refractivity contribution in [2.24, 2.45) is 5.92 Å². The van der Waals surface area contributed by atoms with E-state index in [2.05, 4.69) is 10.2 Å². The van der Waals surface area contributed by atoms with Crippen LogP contribution in [0.5, 0.6) is 0 Å². The first kappa shape index (κ1) is 15.6. The largest absolute Gasteiger partial charge is 0.468 e. The molecule has 5 heteroatoms. The van der Waals surface area contributed by atoms with Crippen LogP contribution in [0.15, 0.2) is 22.8 Å². The molecule has 0 spiro atoms. The van der Waals surface area contributed by atoms with Gasteiger partial charge in [0, 0.05) is 25.6 Å². The number of nitrogens with zero attached hydrogens (tertiary/aromatic N) is 1. The highest BCUT2D eigenvalue weighted by molar-refractivity contribution is 5.78. The van der Waals surface area contributed by atoms with Crippen LogP contribution in [0.3, 0.4) is 0 Å². The topological polar surface area (TPSA) is 54.7 Å². The van der Waals surface area contributed by atoms with Crippen LogP contribution in [0.4, 0.5) is 0 Å². The van der Waals surface area contributed by atoms with Gasteiger partial charge < -0.3 is 14.5 Å². The Morgan fingerprint density at radius 2 is 2.05 bits per heavy atom. The van der Waals surface area contributed by atoms with Crippen molar-refractivity contribution >= 4 is 5.91 Å². The summed E-state index contributed by atoms with van der Waals surface area (Å²) >= 11 is 0. The third kappa shape index (κ3) is 3.90. The van der Waals surface area contributed by atoms with Gasteiger partial charge in [0.1, 0.15) is 5.76 Å². The fourth-order valence-corrected chi connectivity index (χ4v) is 3.49. The second-order valence-electron chi connectivity index (χ2n) is 6.26. The second kappa shape index (κ2) is 7.79. The van der Waals surface area contributed by atoms with E-state index >= 15 is 0 Å². The highest BCUT2D eigenvalue weighted by Crippen LogP contribution is 2.25. The Labute approximate surface area is 132 Å². The number of rotatable bonds is 5. The number of nitrogens with one attached hydrogen (secondary N) is 1. The van der Waals surface area contributed by atoms with E-state index in [1.807, 2.05) is 12.1 Å². The van der Waals surface area contributed by atoms with Gasteiger partial charge in [-0.25, -0.2) is 0 Å². The molecule has 1 aromatic rings. The zero-order valence-corrected chi connectivity index (χ0v) is 13.1. The molecule has 22 heavy (non-hydrogen) atoms. The molecule has 1 N–H and O–H groups in total. The molecule has 2 fully saturated rings. The van der Waals surface area contributed by atoms with Crippen LogP contribution >= 0.6 is 0 Å². The fourth-order valence-electron chi connectivity index (χ4n) is 3.49. The quantitative estimate of drug-likeness (QED) is 0.907. The van der Waals surface area contributed by atoms with Crippen LogP contribution in [0.1, 0.15) is 43.9 Å². The molecule has 1 amide bonds. The van der Waals surface area contributed by atoms with E-state index in [1.54, 1.807) is 6.26 Å². The zero-order valence-electron chi connectivity index (χ0n) is 13.1. The lowest BCUT2D eigenvalue weighted by molar-refractivity contribution is -0.126. The molecule has 0 unspecified atom stereocenters. The van der Waals surface area contributed by atoms with Crippen LogP contribution in [-0.2, 0) is 9.53 Å². The highest BCUT2D eigenvalue weighted by Gasteiger charge is 2.27. The molecule has 1 aliphatic heterocycles. The summed E-state index contributed by atoms with van der Waals surface area (Å²) in [5.41, 5.74) is 0. The SMILES string of the molecule is O=C(NC[C@@H](c1ccco1)N1CCOCC1)C1CCCCC1. The molecule has 5 nitrogen and oxygen atoms in total. The Morgan fingerprint density at radius 3 is 2.73 bits per heavy atom. The van der Waals surface area contributed by atoms with E-state index in [0.29, 0.717) is 6.54 Å². The van der Waals surface area contributed by atoms with Gasteiger partial charge in [0.2, 0.25) is 5.91 Å². The summed E-state index contributed by atoms with van der Waals surface area (Å²) in [6, 6.07) is 4.00. The zero-order chi connectivity index (χ0) is 15.2. The van der Waals surface area contributed by atoms with Crippen molar-refractivity contribution in [2.75, 3.05) is 32.8 Å². The summed E-state index contributed by atoms with van der Waals surface area (Å²) < 4.78 is 11.0. The molecule has 1 saturated heterocycles. The lowest BCUT2D eigenvalue weighted by Gasteiger charge is -2.33. The van der Waals surface area contributed by atoms with Crippen molar-refractivity contribution in [1.29, 1.82) is 0 Å². The number of carbonyl (C=O) groups is 1. The molecule has 1 aromatic heterocycles. The average Bonchev–Trinajstić information content (AvgIpc) is 3.11. The standard InChI is InChI=1S/C17H26N2O3/c20-17(14-5-2-1-3-6-14)18-13-15(16-7-4-10-22-16)19-8-11-21-12-9-19/h4,7,10,14-15H,1-3,5-6,8-9,11-13H2,(H,18,20)/t15-/m0/s1. The van der Waals surface area contributed by atoms with Crippen LogP contribution in [0.2, 0.25) is 0 Å². The summed E-state index contributed by atoms with van der Waals surface area (Å²) in [6.45, 7) is 3.86. The number of amides is 1. The number of morpholine rings is 1. The molecule has 0 aromatic carbocycles. The lowest BCUT2D eigenvalue weighted by Crippen LogP contribution is -2.44. The number of hydrogen-bond donors (Lipinski definition) is 1. The van der Waals surface area contributed by atoms with E-state index < -0.39 is 0 Å². The van der Waals surface area contributed by atoms with Crippen molar-refractivity contribution in [3.8, 4) is 0 Å². The van der Waals surface area contributed by atoms with Gasteiger partial charge >= 0.3 is 0 Å². The molecule has 1 atom stereocenters. The third-order valence-electron chi connectivity index (χ3n) is 4.80. The Hall–Kier alpha value is -1.33. The number of hydrogen-bond acceptors (Lipinski definition) is 4. The van der Waals surface area contributed by atoms with Gasteiger partial charge in [-0.1, -0.05) is 19.3 Å². The Bertz CT molecular complexity index is 448. The first-order valence-corrected chi connectivity index (χ1v) is 8.47. The van der Waals surface area contributed by atoms with Crippen molar-refractivity contribution in [3.63, 3.8) is 0 Å². The number of ether oxygens (including phenoxy) is 1. The normalized spacial score (nSPS) is 22.4. The molecule has 122 valence electrons. The van der Waals surface area contributed by atoms with Gasteiger partial charge in [-0.05, 0) is 25.0 Å². The molecule has 0 bridgehead atoms. The van der Waals surface area contributed by atoms with E-state index in [9.17, 15) is 4.79 Å². The van der Waals surface area contributed by atoms with Crippen LogP contribution in [0, 0.1) is 5.92 Å². The fraction of sp³-hybridized carbons (Fsp3) is 0.706. The van der Waals surface area contributed by atoms with Gasteiger partial charge in [0.25, 0.3) is 0 Å². The van der Waals surface area contributed by atoms with Crippen molar-refractivity contribution in [3.05, 3.63) is 24.2 Å². The average molecular weight is 306 g/mol. The molecular formula is C17H26N2O3. The minimum atomic E-state index is 0.103. The van der Waals surface area contributed by atoms with Gasteiger partial charge in [0.05, 0.1) is 25.5 Å². The first-order valence-electron chi connectivity index (χ1n) is 8.47. The van der Waals surface area contributed by atoms with Crippen LogP contribution < -0.4 is 5.32 Å². The van der Waals surface area contributed by atoms with Crippen molar-refractivity contribution in [2.45, 2.75) is 38.1 Å². The van der Waals surface area contributed by atoms with Crippen LogP contribution in [0.25, 0.3) is 0 Å². The molecular weight excluding hydrogens is 280 g/mol. The van der Waals surface area contributed by atoms with E-state index in [1.165, 1.54) is 19.3 Å². The highest BCUT2D eigenvalue weighted by atomic mass is 16.5. The van der Waals surface area contributed by atoms with Crippen molar-refractivity contribution < 1.29 is 13.9 Å². The molecule has 1 saturated carbocycles. The van der Waals surface area contributed by atoms with Crippen LogP contribution in [-0.4, -0.2) is 43.7 Å². The predicted molar refractivity (Wildman–Crippen MR) is 83.4 cm³/mol. The minimum absolute atomic E-state index is 0.103. The Morgan fingerprint density at radius 1 is 1.27 bits per heavy atom. The molecule has 2 aliphatic rings. The van der Waals surface area contributed by atoms with E-state index in [0.717, 1.165) is 44.9 Å². The van der Waals surface area contributed by atoms with Gasteiger partial charge in [-0.2, -0.15) is 0 Å². The van der Waals surface area contributed by atoms with Crippen molar-refractivity contribution in [1.82, 2.24) is 10.2 Å². The first-order chi connectivity index (χ1) is 10.8. The molecule has 0 radical (unpaired) electrons. The van der Waals surface area contributed by atoms with Gasteiger partial charge in [0.15, 0.2) is 0 Å². The maximum atomic E-state index is 12.4. The maximum absolute atomic E-state index is 12.4. The predicted octanol–water partition coefficient (Wildman–Crippen LogP) is 2.35. The maximum Gasteiger partial charge on any atom is 0.223 e. The monoisotopic (exact) mass is 306 g/mol. The summed E-state index contributed by atoms with van der Waals surface area (Å²) in [6.07, 6.45) is 7.41. The molecule has 3 rings (SSSR count). The van der Waals surface area contributed by atoms with Gasteiger partial charge in [-0.3, -0.25) is 9.69 Å². The van der Waals surface area contributed by atoms with Gasteiger partial charge in [-0.15, -0.1) is 0 Å². The summed E-state index contributed by atoms with van der Waals surface area (Å²) in [7, 11) is 0. The van der Waals surface area contributed by atoms with E-state index in [-0.39, 0.29) is 17.9 Å². The summed E-state index contributed by atoms with van der Waals surface area (Å²) in [4.78, 5) is 14.7. The Balaban J connectivity index is 1.58. The second-order valence-corrected chi connectivity index (χ2v) is 6.26. The van der Waals surface area contributed by atoms with E-state index in [4.69, 9.17) is 9.15 Å². The lowest BCUT2D eigenvalue weighted by atomic mass is 9.88. The smallest absolute Gasteiger partial charge is 0.223 e. The summed E-state index contributed by atoms with van der Waals surface area (Å²) in [5, 5.41) is 3.16. The molecule has 1 aliphatic carbocycles. The number of carbonyl (C=O) groups excluding carboxylic acids is 1. The third-order valence-corrected chi connectivity index (χ3v) is 4.80.